The molecule has 1 saturated heterocycles. The number of hydrogen-bond donors (Lipinski definition) is 0. The summed E-state index contributed by atoms with van der Waals surface area (Å²) in [5.41, 5.74) is 2.09. The first-order chi connectivity index (χ1) is 10.1. The molecule has 1 aromatic carbocycles. The lowest BCUT2D eigenvalue weighted by Crippen LogP contribution is -2.46. The minimum Gasteiger partial charge on any atom is -0.456 e. The topological polar surface area (TPSA) is 53.3 Å². The lowest BCUT2D eigenvalue weighted by atomic mass is 9.92. The highest BCUT2D eigenvalue weighted by Crippen LogP contribution is 2.42. The number of hydrogen-bond acceptors (Lipinski definition) is 4. The number of rotatable bonds is 2. The fraction of sp³-hybridized carbons (Fsp3) is 0.412. The number of carbonyl (C=O) groups is 1. The van der Waals surface area contributed by atoms with Crippen LogP contribution in [0.5, 0.6) is 0 Å². The summed E-state index contributed by atoms with van der Waals surface area (Å²) in [5, 5.41) is 9.34. The quantitative estimate of drug-likeness (QED) is 0.781. The molecule has 1 fully saturated rings. The molecule has 2 bridgehead atoms. The number of likely N-dealkylation sites (N-methyl/N-ethyl adjacent to an activating group) is 1. The van der Waals surface area contributed by atoms with Crippen LogP contribution >= 0.6 is 0 Å². The second kappa shape index (κ2) is 5.34. The Labute approximate surface area is 124 Å². The van der Waals surface area contributed by atoms with Crippen molar-refractivity contribution in [2.75, 3.05) is 7.05 Å². The van der Waals surface area contributed by atoms with Crippen LogP contribution in [-0.2, 0) is 9.53 Å². The maximum Gasteiger partial charge on any atom is 0.303 e. The van der Waals surface area contributed by atoms with E-state index in [1.165, 1.54) is 6.92 Å². The van der Waals surface area contributed by atoms with Gasteiger partial charge in [0, 0.05) is 13.0 Å². The van der Waals surface area contributed by atoms with E-state index in [0.717, 1.165) is 17.6 Å². The Morgan fingerprint density at radius 1 is 1.38 bits per heavy atom. The van der Waals surface area contributed by atoms with Crippen molar-refractivity contribution in [1.29, 1.82) is 5.26 Å². The summed E-state index contributed by atoms with van der Waals surface area (Å²) in [6.45, 7) is 1.44. The molecule has 0 N–H and O–H groups in total. The van der Waals surface area contributed by atoms with Crippen LogP contribution in [0.1, 0.15) is 18.9 Å². The van der Waals surface area contributed by atoms with Gasteiger partial charge >= 0.3 is 5.97 Å². The van der Waals surface area contributed by atoms with Crippen molar-refractivity contribution < 1.29 is 9.53 Å². The Hall–Kier alpha value is -2.12. The van der Waals surface area contributed by atoms with Gasteiger partial charge in [-0.3, -0.25) is 9.69 Å². The third kappa shape index (κ3) is 2.34. The molecular weight excluding hydrogens is 264 g/mol. The third-order valence-electron chi connectivity index (χ3n) is 4.47. The SMILES string of the molecule is CC(=O)OC1C(c2ccccc2)=C[C@@H]2[C@@H](C#N)C[C@H]1N2C. The van der Waals surface area contributed by atoms with Gasteiger partial charge in [-0.05, 0) is 24.6 Å². The molecule has 4 heteroatoms. The van der Waals surface area contributed by atoms with Crippen molar-refractivity contribution >= 4 is 11.5 Å². The predicted molar refractivity (Wildman–Crippen MR) is 79.0 cm³/mol. The summed E-state index contributed by atoms with van der Waals surface area (Å²) in [4.78, 5) is 13.6. The molecule has 0 aromatic heterocycles. The summed E-state index contributed by atoms with van der Waals surface area (Å²) in [7, 11) is 2.00. The van der Waals surface area contributed by atoms with Gasteiger partial charge in [0.05, 0.1) is 18.0 Å². The van der Waals surface area contributed by atoms with Gasteiger partial charge in [-0.15, -0.1) is 0 Å². The normalized spacial score (nSPS) is 31.4. The molecule has 108 valence electrons. The van der Waals surface area contributed by atoms with Gasteiger partial charge in [0.25, 0.3) is 0 Å². The van der Waals surface area contributed by atoms with E-state index in [-0.39, 0.29) is 30.1 Å². The highest BCUT2D eigenvalue weighted by Gasteiger charge is 2.48. The highest BCUT2D eigenvalue weighted by atomic mass is 16.5. The van der Waals surface area contributed by atoms with Crippen molar-refractivity contribution in [3.05, 3.63) is 42.0 Å². The second-order valence-corrected chi connectivity index (χ2v) is 5.71. The first-order valence-corrected chi connectivity index (χ1v) is 7.17. The monoisotopic (exact) mass is 282 g/mol. The van der Waals surface area contributed by atoms with E-state index >= 15 is 0 Å². The number of fused-ring (bicyclic) bond motifs is 2. The number of benzene rings is 1. The van der Waals surface area contributed by atoms with Gasteiger partial charge in [-0.2, -0.15) is 5.26 Å². The Kier molecular flexibility index (Phi) is 3.52. The van der Waals surface area contributed by atoms with Crippen LogP contribution < -0.4 is 0 Å². The van der Waals surface area contributed by atoms with Crippen molar-refractivity contribution in [1.82, 2.24) is 4.90 Å². The van der Waals surface area contributed by atoms with Crippen LogP contribution in [0, 0.1) is 17.2 Å². The second-order valence-electron chi connectivity index (χ2n) is 5.71. The smallest absolute Gasteiger partial charge is 0.303 e. The first-order valence-electron chi connectivity index (χ1n) is 7.17. The number of carbonyl (C=O) groups excluding carboxylic acids is 1. The zero-order chi connectivity index (χ0) is 15.0. The van der Waals surface area contributed by atoms with Gasteiger partial charge in [0.2, 0.25) is 0 Å². The van der Waals surface area contributed by atoms with Gasteiger partial charge in [-0.1, -0.05) is 36.4 Å². The summed E-state index contributed by atoms with van der Waals surface area (Å²) in [5.74, 6) is -0.326. The van der Waals surface area contributed by atoms with Crippen LogP contribution in [0.15, 0.2) is 36.4 Å². The van der Waals surface area contributed by atoms with E-state index in [1.807, 2.05) is 37.4 Å². The predicted octanol–water partition coefficient (Wildman–Crippen LogP) is 2.23. The lowest BCUT2D eigenvalue weighted by Gasteiger charge is -2.36. The number of ether oxygens (including phenoxy) is 1. The van der Waals surface area contributed by atoms with E-state index in [2.05, 4.69) is 17.0 Å². The molecular formula is C17H18N2O2. The standard InChI is InChI=1S/C17H18N2O2/c1-11(20)21-17-14(12-6-4-3-5-7-12)9-15-13(10-18)8-16(17)19(15)2/h3-7,9,13,15-17H,8H2,1-2H3/t13-,15-,16-,17?/m1/s1. The summed E-state index contributed by atoms with van der Waals surface area (Å²) in [6.07, 6.45) is 2.53. The molecule has 0 aliphatic carbocycles. The van der Waals surface area contributed by atoms with Crippen LogP contribution in [0.3, 0.4) is 0 Å². The van der Waals surface area contributed by atoms with Crippen LogP contribution in [-0.4, -0.2) is 36.1 Å². The number of esters is 1. The molecule has 0 amide bonds. The molecule has 21 heavy (non-hydrogen) atoms. The Morgan fingerprint density at radius 3 is 2.71 bits per heavy atom. The molecule has 4 nitrogen and oxygen atoms in total. The zero-order valence-corrected chi connectivity index (χ0v) is 12.2. The van der Waals surface area contributed by atoms with Gasteiger partial charge in [0.1, 0.15) is 6.10 Å². The largest absolute Gasteiger partial charge is 0.456 e. The lowest BCUT2D eigenvalue weighted by molar-refractivity contribution is -0.146. The summed E-state index contributed by atoms with van der Waals surface area (Å²) in [6, 6.07) is 12.5. The molecule has 4 atom stereocenters. The van der Waals surface area contributed by atoms with E-state index in [9.17, 15) is 10.1 Å². The van der Waals surface area contributed by atoms with E-state index in [1.54, 1.807) is 0 Å². The molecule has 0 spiro atoms. The number of nitrogens with zero attached hydrogens (tertiary/aromatic N) is 2. The van der Waals surface area contributed by atoms with E-state index < -0.39 is 0 Å². The Morgan fingerprint density at radius 2 is 2.10 bits per heavy atom. The van der Waals surface area contributed by atoms with Gasteiger partial charge in [-0.25, -0.2) is 0 Å². The first kappa shape index (κ1) is 13.8. The zero-order valence-electron chi connectivity index (χ0n) is 12.2. The highest BCUT2D eigenvalue weighted by molar-refractivity contribution is 5.75. The summed E-state index contributed by atoms with van der Waals surface area (Å²) < 4.78 is 5.59. The minimum absolute atomic E-state index is 0.0423. The molecule has 0 saturated carbocycles. The molecule has 2 aliphatic heterocycles. The van der Waals surface area contributed by atoms with Crippen LogP contribution in [0.2, 0.25) is 0 Å². The molecule has 2 heterocycles. The molecule has 1 aromatic rings. The molecule has 1 unspecified atom stereocenters. The Bertz CT molecular complexity index is 617. The maximum absolute atomic E-state index is 11.5. The molecule has 3 rings (SSSR count). The molecule has 0 radical (unpaired) electrons. The Balaban J connectivity index is 2.04. The van der Waals surface area contributed by atoms with Crippen molar-refractivity contribution in [3.8, 4) is 6.07 Å². The maximum atomic E-state index is 11.5. The number of nitriles is 1. The average molecular weight is 282 g/mol. The van der Waals surface area contributed by atoms with Gasteiger partial charge in [0.15, 0.2) is 0 Å². The fourth-order valence-electron chi connectivity index (χ4n) is 3.47. The average Bonchev–Trinajstić information content (AvgIpc) is 2.69. The van der Waals surface area contributed by atoms with Crippen molar-refractivity contribution in [3.63, 3.8) is 0 Å². The summed E-state index contributed by atoms with van der Waals surface area (Å²) >= 11 is 0. The van der Waals surface area contributed by atoms with E-state index in [4.69, 9.17) is 4.74 Å². The van der Waals surface area contributed by atoms with Crippen LogP contribution in [0.25, 0.3) is 5.57 Å². The minimum atomic E-state index is -0.301. The molecule has 2 aliphatic rings. The van der Waals surface area contributed by atoms with E-state index in [0.29, 0.717) is 0 Å². The van der Waals surface area contributed by atoms with Crippen molar-refractivity contribution in [2.45, 2.75) is 31.5 Å². The van der Waals surface area contributed by atoms with Crippen molar-refractivity contribution in [2.24, 2.45) is 5.92 Å². The third-order valence-corrected chi connectivity index (χ3v) is 4.47. The fourth-order valence-corrected chi connectivity index (χ4v) is 3.47. The van der Waals surface area contributed by atoms with Gasteiger partial charge < -0.3 is 4.74 Å². The van der Waals surface area contributed by atoms with Crippen LogP contribution in [0.4, 0.5) is 0 Å².